The predicted octanol–water partition coefficient (Wildman–Crippen LogP) is 1.79. The van der Waals surface area contributed by atoms with Crippen LogP contribution in [-0.2, 0) is 10.5 Å². The molecule has 0 saturated carbocycles. The maximum Gasteiger partial charge on any atom is 0.490 e. The molecule has 1 aromatic rings. The average Bonchev–Trinajstić information content (AvgIpc) is 2.35. The molecule has 5 nitrogen and oxygen atoms in total. The molecule has 3 N–H and O–H groups in total. The Kier molecular flexibility index (Phi) is 4.89. The molecule has 0 spiro atoms. The minimum Gasteiger partial charge on any atom is -0.478 e. The summed E-state index contributed by atoms with van der Waals surface area (Å²) in [5, 5.41) is 18.6. The zero-order valence-electron chi connectivity index (χ0n) is 10.4. The normalized spacial score (nSPS) is 16.2. The van der Waals surface area contributed by atoms with Gasteiger partial charge in [0.1, 0.15) is 0 Å². The lowest BCUT2D eigenvalue weighted by Crippen LogP contribution is -2.53. The Morgan fingerprint density at radius 2 is 1.52 bits per heavy atom. The van der Waals surface area contributed by atoms with Gasteiger partial charge in [-0.15, -0.1) is 0 Å². The first-order chi connectivity index (χ1) is 9.56. The van der Waals surface area contributed by atoms with Crippen molar-refractivity contribution in [3.63, 3.8) is 0 Å². The van der Waals surface area contributed by atoms with Crippen molar-refractivity contribution < 1.29 is 37.4 Å². The van der Waals surface area contributed by atoms with Gasteiger partial charge in [-0.05, 0) is 17.7 Å². The molecule has 116 valence electrons. The fourth-order valence-corrected chi connectivity index (χ4v) is 1.46. The third-order valence-corrected chi connectivity index (χ3v) is 2.70. The molecule has 2 rings (SSSR count). The van der Waals surface area contributed by atoms with E-state index in [1.165, 1.54) is 24.3 Å². The number of hydrogen-bond donors (Lipinski definition) is 3. The molecular formula is C12H11F4NO4. The Hall–Kier alpha value is -2.16. The maximum absolute atomic E-state index is 13.8. The van der Waals surface area contributed by atoms with Crippen molar-refractivity contribution in [1.82, 2.24) is 5.32 Å². The highest BCUT2D eigenvalue weighted by Crippen LogP contribution is 2.29. The van der Waals surface area contributed by atoms with Gasteiger partial charge in [0.05, 0.1) is 5.56 Å². The van der Waals surface area contributed by atoms with Gasteiger partial charge in [0.15, 0.2) is 5.67 Å². The van der Waals surface area contributed by atoms with Crippen LogP contribution >= 0.6 is 0 Å². The van der Waals surface area contributed by atoms with Crippen LogP contribution in [0.1, 0.15) is 15.9 Å². The van der Waals surface area contributed by atoms with E-state index in [0.717, 1.165) is 0 Å². The van der Waals surface area contributed by atoms with Gasteiger partial charge in [-0.2, -0.15) is 13.2 Å². The van der Waals surface area contributed by atoms with E-state index in [0.29, 0.717) is 18.7 Å². The summed E-state index contributed by atoms with van der Waals surface area (Å²) in [7, 11) is 0. The van der Waals surface area contributed by atoms with Crippen LogP contribution in [0, 0.1) is 0 Å². The fraction of sp³-hybridized carbons (Fsp3) is 0.333. The molecule has 0 aliphatic carbocycles. The highest BCUT2D eigenvalue weighted by molar-refractivity contribution is 5.87. The van der Waals surface area contributed by atoms with Gasteiger partial charge in [0.2, 0.25) is 0 Å². The van der Waals surface area contributed by atoms with Crippen LogP contribution in [-0.4, -0.2) is 41.4 Å². The summed E-state index contributed by atoms with van der Waals surface area (Å²) >= 11 is 0. The van der Waals surface area contributed by atoms with Crippen molar-refractivity contribution in [3.05, 3.63) is 35.4 Å². The van der Waals surface area contributed by atoms with Gasteiger partial charge in [0.25, 0.3) is 0 Å². The molecule has 1 saturated heterocycles. The third kappa shape index (κ3) is 4.42. The second kappa shape index (κ2) is 6.08. The molecule has 1 aliphatic heterocycles. The van der Waals surface area contributed by atoms with Crippen molar-refractivity contribution in [2.24, 2.45) is 0 Å². The van der Waals surface area contributed by atoms with Crippen molar-refractivity contribution >= 4 is 11.9 Å². The summed E-state index contributed by atoms with van der Waals surface area (Å²) in [4.78, 5) is 19.4. The number of rotatable bonds is 2. The molecule has 9 heteroatoms. The topological polar surface area (TPSA) is 86.6 Å². The zero-order valence-corrected chi connectivity index (χ0v) is 10.4. The van der Waals surface area contributed by atoms with Gasteiger partial charge >= 0.3 is 18.1 Å². The minimum absolute atomic E-state index is 0.185. The van der Waals surface area contributed by atoms with E-state index in [-0.39, 0.29) is 5.56 Å². The summed E-state index contributed by atoms with van der Waals surface area (Å²) in [6.45, 7) is 0.610. The molecular weight excluding hydrogens is 298 g/mol. The van der Waals surface area contributed by atoms with Gasteiger partial charge in [-0.3, -0.25) is 0 Å². The number of aliphatic carboxylic acids is 1. The summed E-state index contributed by atoms with van der Waals surface area (Å²) in [5.74, 6) is -3.75. The lowest BCUT2D eigenvalue weighted by Gasteiger charge is -2.35. The largest absolute Gasteiger partial charge is 0.490 e. The molecule has 0 atom stereocenters. The Bertz CT molecular complexity index is 523. The van der Waals surface area contributed by atoms with Gasteiger partial charge < -0.3 is 15.5 Å². The lowest BCUT2D eigenvalue weighted by atomic mass is 9.90. The number of aromatic carboxylic acids is 1. The number of carboxylic acid groups (broad SMARTS) is 2. The van der Waals surface area contributed by atoms with Gasteiger partial charge in [-0.1, -0.05) is 12.1 Å². The van der Waals surface area contributed by atoms with E-state index in [9.17, 15) is 22.4 Å². The molecule has 0 unspecified atom stereocenters. The average molecular weight is 309 g/mol. The van der Waals surface area contributed by atoms with E-state index in [4.69, 9.17) is 15.0 Å². The van der Waals surface area contributed by atoms with E-state index < -0.39 is 23.8 Å². The van der Waals surface area contributed by atoms with Crippen LogP contribution in [0.25, 0.3) is 0 Å². The number of halogens is 4. The van der Waals surface area contributed by atoms with Crippen LogP contribution in [0.15, 0.2) is 24.3 Å². The molecule has 1 aliphatic rings. The quantitative estimate of drug-likeness (QED) is 0.725. The van der Waals surface area contributed by atoms with Crippen molar-refractivity contribution in [2.75, 3.05) is 13.1 Å². The highest BCUT2D eigenvalue weighted by Gasteiger charge is 2.39. The van der Waals surface area contributed by atoms with Crippen LogP contribution in [0.2, 0.25) is 0 Å². The summed E-state index contributed by atoms with van der Waals surface area (Å²) in [6.07, 6.45) is -5.08. The monoisotopic (exact) mass is 309 g/mol. The second-order valence-corrected chi connectivity index (χ2v) is 4.25. The molecule has 1 heterocycles. The first-order valence-corrected chi connectivity index (χ1v) is 5.60. The number of carboxylic acids is 2. The summed E-state index contributed by atoms with van der Waals surface area (Å²) in [5.41, 5.74) is -0.581. The van der Waals surface area contributed by atoms with Crippen LogP contribution in [0.3, 0.4) is 0 Å². The van der Waals surface area contributed by atoms with E-state index in [2.05, 4.69) is 5.32 Å². The van der Waals surface area contributed by atoms with E-state index in [1.54, 1.807) is 0 Å². The molecule has 0 bridgehead atoms. The molecule has 0 aromatic heterocycles. The van der Waals surface area contributed by atoms with Crippen LogP contribution in [0.5, 0.6) is 0 Å². The third-order valence-electron chi connectivity index (χ3n) is 2.70. The van der Waals surface area contributed by atoms with Crippen molar-refractivity contribution in [2.45, 2.75) is 11.8 Å². The Morgan fingerprint density at radius 3 is 1.76 bits per heavy atom. The number of carbonyl (C=O) groups is 2. The van der Waals surface area contributed by atoms with Gasteiger partial charge in [0, 0.05) is 13.1 Å². The smallest absolute Gasteiger partial charge is 0.478 e. The summed E-state index contributed by atoms with van der Waals surface area (Å²) in [6, 6.07) is 5.92. The van der Waals surface area contributed by atoms with E-state index >= 15 is 0 Å². The number of nitrogens with one attached hydrogen (secondary N) is 1. The number of benzene rings is 1. The second-order valence-electron chi connectivity index (χ2n) is 4.25. The van der Waals surface area contributed by atoms with E-state index in [1.807, 2.05) is 0 Å². The molecule has 21 heavy (non-hydrogen) atoms. The van der Waals surface area contributed by atoms with Crippen molar-refractivity contribution in [1.29, 1.82) is 0 Å². The first kappa shape index (κ1) is 16.9. The van der Waals surface area contributed by atoms with Crippen LogP contribution in [0.4, 0.5) is 17.6 Å². The first-order valence-electron chi connectivity index (χ1n) is 5.60. The Balaban J connectivity index is 0.000000270. The number of alkyl halides is 4. The Morgan fingerprint density at radius 1 is 1.10 bits per heavy atom. The van der Waals surface area contributed by atoms with Crippen LogP contribution < -0.4 is 5.32 Å². The maximum atomic E-state index is 13.8. The Labute approximate surface area is 116 Å². The molecule has 1 fully saturated rings. The van der Waals surface area contributed by atoms with Gasteiger partial charge in [-0.25, -0.2) is 14.0 Å². The number of hydrogen-bond acceptors (Lipinski definition) is 3. The predicted molar refractivity (Wildman–Crippen MR) is 62.7 cm³/mol. The molecule has 0 radical (unpaired) electrons. The fourth-order valence-electron chi connectivity index (χ4n) is 1.46. The minimum atomic E-state index is -5.08. The summed E-state index contributed by atoms with van der Waals surface area (Å²) < 4.78 is 45.5. The van der Waals surface area contributed by atoms with Crippen molar-refractivity contribution in [3.8, 4) is 0 Å². The standard InChI is InChI=1S/C10H10FNO2.C2HF3O2/c11-10(5-12-6-10)8-3-1-7(2-4-8)9(13)14;3-2(4,5)1(6)7/h1-4,12H,5-6H2,(H,13,14);(H,6,7). The SMILES string of the molecule is O=C(O)C(F)(F)F.O=C(O)c1ccc(C2(F)CNC2)cc1. The highest BCUT2D eigenvalue weighted by atomic mass is 19.4. The zero-order chi connectivity index (χ0) is 16.3. The molecule has 0 amide bonds. The lowest BCUT2D eigenvalue weighted by molar-refractivity contribution is -0.192. The molecule has 1 aromatic carbocycles.